The molecule has 13 heteroatoms. The van der Waals surface area contributed by atoms with Crippen molar-refractivity contribution < 1.29 is 55.1 Å². The van der Waals surface area contributed by atoms with Gasteiger partial charge in [-0.25, -0.2) is 0 Å². The molecule has 1 saturated carbocycles. The van der Waals surface area contributed by atoms with Gasteiger partial charge in [0.05, 0.1) is 0 Å². The molecular weight excluding hydrogens is 938 g/mol. The summed E-state index contributed by atoms with van der Waals surface area (Å²) in [6.07, 6.45) is -9.75. The van der Waals surface area contributed by atoms with E-state index in [2.05, 4.69) is 82.4 Å². The zero-order chi connectivity index (χ0) is 44.7. The summed E-state index contributed by atoms with van der Waals surface area (Å²) in [6, 6.07) is 22.9. The van der Waals surface area contributed by atoms with E-state index in [-0.39, 0.29) is 24.1 Å². The van der Waals surface area contributed by atoms with Gasteiger partial charge in [0.2, 0.25) is 0 Å². The van der Waals surface area contributed by atoms with Gasteiger partial charge in [-0.05, 0) is 0 Å². The summed E-state index contributed by atoms with van der Waals surface area (Å²) in [6.45, 7) is 13.1. The molecule has 0 radical (unpaired) electrons. The first-order valence-electron chi connectivity index (χ1n) is 21.0. The van der Waals surface area contributed by atoms with Crippen LogP contribution in [0, 0.1) is 5.92 Å². The van der Waals surface area contributed by atoms with Crippen molar-refractivity contribution in [2.24, 2.45) is 5.92 Å². The van der Waals surface area contributed by atoms with E-state index in [4.69, 9.17) is 17.0 Å². The van der Waals surface area contributed by atoms with Crippen LogP contribution in [0.1, 0.15) is 107 Å². The molecular formula is C48H50Cl2F9SiZr. The van der Waals surface area contributed by atoms with Crippen molar-refractivity contribution in [3.63, 3.8) is 0 Å². The van der Waals surface area contributed by atoms with E-state index < -0.39 is 51.0 Å². The van der Waals surface area contributed by atoms with Crippen LogP contribution in [0.25, 0.3) is 34.4 Å². The predicted octanol–water partition coefficient (Wildman–Crippen LogP) is 16.8. The third kappa shape index (κ3) is 7.39. The van der Waals surface area contributed by atoms with Crippen LogP contribution >= 0.6 is 17.0 Å². The zero-order valence-electron chi connectivity index (χ0n) is 34.9. The number of fused-ring (bicyclic) bond motifs is 2. The Kier molecular flexibility index (Phi) is 12.0. The van der Waals surface area contributed by atoms with Gasteiger partial charge in [0, 0.05) is 0 Å². The molecule has 61 heavy (non-hydrogen) atoms. The summed E-state index contributed by atoms with van der Waals surface area (Å²) in [5.41, 5.74) is 2.12. The Labute approximate surface area is 361 Å². The van der Waals surface area contributed by atoms with Gasteiger partial charge in [0.15, 0.2) is 0 Å². The maximum atomic E-state index is 14.1. The summed E-state index contributed by atoms with van der Waals surface area (Å²) in [5.74, 6) is -1.74. The molecule has 4 aromatic rings. The van der Waals surface area contributed by atoms with E-state index in [9.17, 15) is 39.5 Å². The number of alkyl halides is 9. The molecule has 0 aliphatic heterocycles. The number of rotatable bonds is 8. The van der Waals surface area contributed by atoms with Crippen molar-refractivity contribution in [3.8, 4) is 22.3 Å². The summed E-state index contributed by atoms with van der Waals surface area (Å²) in [5, 5.41) is 0. The number of allylic oxidation sites excluding steroid dienone is 2. The number of benzene rings is 4. The molecule has 327 valence electrons. The Hall–Kier alpha value is -2.59. The third-order valence-corrected chi connectivity index (χ3v) is 65.7. The average molecular weight is 988 g/mol. The van der Waals surface area contributed by atoms with E-state index in [1.54, 1.807) is 12.1 Å². The molecule has 0 heterocycles. The van der Waals surface area contributed by atoms with Crippen molar-refractivity contribution >= 4 is 35.1 Å². The minimum absolute atomic E-state index is 0.0134. The van der Waals surface area contributed by atoms with E-state index in [0.717, 1.165) is 77.6 Å². The molecule has 0 amide bonds. The van der Waals surface area contributed by atoms with Crippen LogP contribution in [0.15, 0.2) is 96.1 Å². The fourth-order valence-corrected chi connectivity index (χ4v) is 42.0. The molecule has 0 saturated heterocycles. The van der Waals surface area contributed by atoms with Gasteiger partial charge < -0.3 is 0 Å². The van der Waals surface area contributed by atoms with Crippen molar-refractivity contribution in [1.82, 2.24) is 0 Å². The molecule has 1 fully saturated rings. The summed E-state index contributed by atoms with van der Waals surface area (Å²) in [4.78, 5) is 0. The van der Waals surface area contributed by atoms with Gasteiger partial charge in [-0.2, -0.15) is 0 Å². The molecule has 0 nitrogen and oxygen atoms in total. The van der Waals surface area contributed by atoms with Crippen LogP contribution in [-0.2, 0) is 26.4 Å². The second kappa shape index (κ2) is 15.8. The number of halogens is 11. The minimum atomic E-state index is -6.71. The Morgan fingerprint density at radius 1 is 0.590 bits per heavy atom. The Bertz CT molecular complexity index is 2320. The van der Waals surface area contributed by atoms with Gasteiger partial charge in [0.25, 0.3) is 0 Å². The van der Waals surface area contributed by atoms with Gasteiger partial charge in [-0.15, -0.1) is 0 Å². The molecule has 0 bridgehead atoms. The molecule has 4 aromatic carbocycles. The second-order valence-corrected chi connectivity index (χ2v) is 61.1. The Morgan fingerprint density at radius 2 is 1.03 bits per heavy atom. The van der Waals surface area contributed by atoms with Crippen LogP contribution < -0.4 is 0 Å². The van der Waals surface area contributed by atoms with Gasteiger partial charge >= 0.3 is 364 Å². The van der Waals surface area contributed by atoms with Gasteiger partial charge in [0.1, 0.15) is 0 Å². The van der Waals surface area contributed by atoms with Crippen molar-refractivity contribution in [2.75, 3.05) is 0 Å². The van der Waals surface area contributed by atoms with E-state index in [1.807, 2.05) is 19.1 Å². The van der Waals surface area contributed by atoms with Gasteiger partial charge in [-0.1, -0.05) is 0 Å². The molecule has 2 unspecified atom stereocenters. The SMILES string of the molecule is CCC1=Cc2c(-c3ccc(C(C(F)(F)F)(C(F)(F)F)C(F)(F)F)cc3)cccc2[CH]1[Zr]([Cl])([Cl])([CH]1C(C2CCCCC2)=Cc2c(-c3ccc(C(C)(C)C)cc3)cccc21)[SiH](C)C. The third-order valence-electron chi connectivity index (χ3n) is 13.9. The number of hydrogen-bond acceptors (Lipinski definition) is 0. The van der Waals surface area contributed by atoms with Crippen LogP contribution in [0.3, 0.4) is 0 Å². The van der Waals surface area contributed by atoms with Crippen molar-refractivity contribution in [3.05, 3.63) is 129 Å². The molecule has 0 spiro atoms. The average Bonchev–Trinajstić information content (AvgIpc) is 3.78. The first kappa shape index (κ1) is 46.4. The van der Waals surface area contributed by atoms with Crippen LogP contribution in [-0.4, -0.2) is 24.5 Å². The zero-order valence-corrected chi connectivity index (χ0v) is 40.1. The van der Waals surface area contributed by atoms with Crippen LogP contribution in [0.5, 0.6) is 0 Å². The summed E-state index contributed by atoms with van der Waals surface area (Å²) < 4.78 is 126. The van der Waals surface area contributed by atoms with Crippen LogP contribution in [0.4, 0.5) is 39.5 Å². The number of hydrogen-bond donors (Lipinski definition) is 0. The normalized spacial score (nSPS) is 19.9. The predicted molar refractivity (Wildman–Crippen MR) is 231 cm³/mol. The first-order valence-corrected chi connectivity index (χ1v) is 37.3. The van der Waals surface area contributed by atoms with E-state index in [0.29, 0.717) is 29.7 Å². The Balaban J connectivity index is 1.40. The topological polar surface area (TPSA) is 0 Å². The standard InChI is InChI=1S/C25H29.C21H14F9.C2H7Si.2ClH.Zr/c1-25(2,3)22-14-12-19(13-15-22)23-11-7-10-20-16-21(17-24(20)23)18-8-5-4-6-9-18;1-2-12-10-14-4-3-5-16(17(14)11-12)13-6-8-15(9-7-13)18(19(22,23)24,20(25,26)27)21(28,29)30;1-3-2;;;/h7,10-18H,4-6,8-9H2,1-3H3;3-11H,2H2,1H3;3H,1-2H3;2*1H;/q;;;;;+2/p-2. The summed E-state index contributed by atoms with van der Waals surface area (Å²) in [7, 11) is 17.4. The second-order valence-electron chi connectivity index (χ2n) is 18.6. The maximum absolute atomic E-state index is 14.1. The molecule has 3 aliphatic rings. The molecule has 7 rings (SSSR count). The van der Waals surface area contributed by atoms with E-state index >= 15 is 0 Å². The fourth-order valence-electron chi connectivity index (χ4n) is 10.6. The van der Waals surface area contributed by atoms with Gasteiger partial charge in [-0.3, -0.25) is 0 Å². The Morgan fingerprint density at radius 3 is 1.46 bits per heavy atom. The monoisotopic (exact) mass is 985 g/mol. The summed E-state index contributed by atoms with van der Waals surface area (Å²) >= 11 is -5.36. The quantitative estimate of drug-likeness (QED) is 0.122. The molecule has 3 aliphatic carbocycles. The van der Waals surface area contributed by atoms with Crippen molar-refractivity contribution in [1.29, 1.82) is 0 Å². The fraction of sp³-hybridized carbons (Fsp3) is 0.417. The van der Waals surface area contributed by atoms with Crippen LogP contribution in [0.2, 0.25) is 13.1 Å². The molecule has 2 atom stereocenters. The molecule has 0 N–H and O–H groups in total. The van der Waals surface area contributed by atoms with E-state index in [1.165, 1.54) is 11.1 Å². The molecule has 0 aromatic heterocycles. The first-order chi connectivity index (χ1) is 28.3. The van der Waals surface area contributed by atoms with Crippen molar-refractivity contribution in [2.45, 2.75) is 116 Å².